The van der Waals surface area contributed by atoms with Crippen LogP contribution in [0.15, 0.2) is 24.3 Å². The Balaban J connectivity index is 0.00000289. The smallest absolute Gasteiger partial charge is 0.251 e. The zero-order valence-corrected chi connectivity index (χ0v) is 13.8. The minimum Gasteiger partial charge on any atom is -0.345 e. The lowest BCUT2D eigenvalue weighted by atomic mass is 9.88. The number of nitrogens with two attached hydrogens (primary N) is 1. The Morgan fingerprint density at radius 3 is 2.28 bits per heavy atom. The number of carbonyl (C=O) groups is 1. The van der Waals surface area contributed by atoms with Crippen molar-refractivity contribution in [2.75, 3.05) is 6.54 Å². The SMILES string of the molecule is CC(C)C(C)(CN)NC(=O)c1ccc(I)cc1.Cl. The van der Waals surface area contributed by atoms with Crippen LogP contribution >= 0.6 is 35.0 Å². The van der Waals surface area contributed by atoms with Crippen molar-refractivity contribution in [3.63, 3.8) is 0 Å². The highest BCUT2D eigenvalue weighted by molar-refractivity contribution is 14.1. The molecule has 1 unspecified atom stereocenters. The van der Waals surface area contributed by atoms with Crippen molar-refractivity contribution in [2.45, 2.75) is 26.3 Å². The van der Waals surface area contributed by atoms with Gasteiger partial charge in [-0.15, -0.1) is 12.4 Å². The third-order valence-electron chi connectivity index (χ3n) is 3.20. The summed E-state index contributed by atoms with van der Waals surface area (Å²) >= 11 is 2.21. The average Bonchev–Trinajstić information content (AvgIpc) is 2.29. The highest BCUT2D eigenvalue weighted by atomic mass is 127. The molecule has 0 saturated heterocycles. The molecule has 102 valence electrons. The molecule has 0 bridgehead atoms. The second-order valence-corrected chi connectivity index (χ2v) is 5.98. The third kappa shape index (κ3) is 4.40. The lowest BCUT2D eigenvalue weighted by molar-refractivity contribution is 0.0883. The maximum absolute atomic E-state index is 12.1. The van der Waals surface area contributed by atoms with E-state index >= 15 is 0 Å². The molecule has 0 saturated carbocycles. The van der Waals surface area contributed by atoms with Crippen molar-refractivity contribution < 1.29 is 4.79 Å². The summed E-state index contributed by atoms with van der Waals surface area (Å²) in [5.41, 5.74) is 6.05. The molecular weight excluding hydrogens is 363 g/mol. The lowest BCUT2D eigenvalue weighted by Crippen LogP contribution is -2.55. The molecule has 1 aromatic rings. The quantitative estimate of drug-likeness (QED) is 0.787. The summed E-state index contributed by atoms with van der Waals surface area (Å²) in [6, 6.07) is 7.50. The van der Waals surface area contributed by atoms with Gasteiger partial charge in [-0.05, 0) is 59.7 Å². The summed E-state index contributed by atoms with van der Waals surface area (Å²) in [6.07, 6.45) is 0. The minimum atomic E-state index is -0.361. The van der Waals surface area contributed by atoms with Gasteiger partial charge in [-0.1, -0.05) is 13.8 Å². The number of hydrogen-bond donors (Lipinski definition) is 2. The van der Waals surface area contributed by atoms with E-state index in [0.29, 0.717) is 18.0 Å². The maximum atomic E-state index is 12.1. The number of carbonyl (C=O) groups excluding carboxylic acids is 1. The molecule has 0 aliphatic carbocycles. The predicted octanol–water partition coefficient (Wildman–Crippen LogP) is 2.82. The largest absolute Gasteiger partial charge is 0.345 e. The monoisotopic (exact) mass is 382 g/mol. The van der Waals surface area contributed by atoms with Gasteiger partial charge in [0.1, 0.15) is 0 Å². The summed E-state index contributed by atoms with van der Waals surface area (Å²) in [5, 5.41) is 3.01. The fourth-order valence-corrected chi connectivity index (χ4v) is 1.72. The Kier molecular flexibility index (Phi) is 7.17. The molecule has 5 heteroatoms. The van der Waals surface area contributed by atoms with Gasteiger partial charge in [0.15, 0.2) is 0 Å². The van der Waals surface area contributed by atoms with Crippen LogP contribution in [0.25, 0.3) is 0 Å². The van der Waals surface area contributed by atoms with Crippen LogP contribution < -0.4 is 11.1 Å². The molecule has 3 nitrogen and oxygen atoms in total. The first-order chi connectivity index (χ1) is 7.89. The van der Waals surface area contributed by atoms with E-state index in [1.165, 1.54) is 0 Å². The highest BCUT2D eigenvalue weighted by Crippen LogP contribution is 2.16. The molecule has 0 aliphatic rings. The van der Waals surface area contributed by atoms with Crippen LogP contribution in [0.3, 0.4) is 0 Å². The number of hydrogen-bond acceptors (Lipinski definition) is 2. The molecule has 0 aliphatic heterocycles. The number of halogens is 2. The Hall–Kier alpha value is -0.330. The van der Waals surface area contributed by atoms with Gasteiger partial charge in [-0.25, -0.2) is 0 Å². The Bertz CT molecular complexity index is 394. The second kappa shape index (κ2) is 7.31. The molecule has 3 N–H and O–H groups in total. The van der Waals surface area contributed by atoms with Gasteiger partial charge in [0.2, 0.25) is 0 Å². The van der Waals surface area contributed by atoms with E-state index in [9.17, 15) is 4.79 Å². The van der Waals surface area contributed by atoms with Crippen LogP contribution in [0.5, 0.6) is 0 Å². The van der Waals surface area contributed by atoms with Crippen LogP contribution in [0, 0.1) is 9.49 Å². The van der Waals surface area contributed by atoms with Crippen LogP contribution in [0.4, 0.5) is 0 Å². The fraction of sp³-hybridized carbons (Fsp3) is 0.462. The highest BCUT2D eigenvalue weighted by Gasteiger charge is 2.28. The van der Waals surface area contributed by atoms with Gasteiger partial charge < -0.3 is 11.1 Å². The van der Waals surface area contributed by atoms with Gasteiger partial charge >= 0.3 is 0 Å². The zero-order valence-electron chi connectivity index (χ0n) is 10.9. The number of benzene rings is 1. The Labute approximate surface area is 128 Å². The van der Waals surface area contributed by atoms with E-state index in [2.05, 4.69) is 41.8 Å². The van der Waals surface area contributed by atoms with Gasteiger partial charge in [-0.3, -0.25) is 4.79 Å². The topological polar surface area (TPSA) is 55.1 Å². The summed E-state index contributed by atoms with van der Waals surface area (Å²) in [5.74, 6) is 0.225. The Morgan fingerprint density at radius 1 is 1.39 bits per heavy atom. The molecule has 18 heavy (non-hydrogen) atoms. The molecule has 1 atom stereocenters. The lowest BCUT2D eigenvalue weighted by Gasteiger charge is -2.33. The summed E-state index contributed by atoms with van der Waals surface area (Å²) in [6.45, 7) is 6.52. The maximum Gasteiger partial charge on any atom is 0.251 e. The number of rotatable bonds is 4. The van der Waals surface area contributed by atoms with Gasteiger partial charge in [-0.2, -0.15) is 0 Å². The molecule has 1 aromatic carbocycles. The molecule has 0 spiro atoms. The molecule has 1 rings (SSSR count). The van der Waals surface area contributed by atoms with Gasteiger partial charge in [0, 0.05) is 15.7 Å². The van der Waals surface area contributed by atoms with E-state index < -0.39 is 0 Å². The normalized spacial score (nSPS) is 13.7. The van der Waals surface area contributed by atoms with Crippen LogP contribution in [-0.4, -0.2) is 18.0 Å². The molecule has 0 radical (unpaired) electrons. The van der Waals surface area contributed by atoms with Gasteiger partial charge in [0.25, 0.3) is 5.91 Å². The van der Waals surface area contributed by atoms with E-state index in [1.807, 2.05) is 31.2 Å². The number of amides is 1. The van der Waals surface area contributed by atoms with Crippen LogP contribution in [0.2, 0.25) is 0 Å². The molecule has 0 fully saturated rings. The second-order valence-electron chi connectivity index (χ2n) is 4.74. The molecule has 0 aromatic heterocycles. The zero-order chi connectivity index (χ0) is 13.1. The van der Waals surface area contributed by atoms with Crippen molar-refractivity contribution in [1.82, 2.24) is 5.32 Å². The van der Waals surface area contributed by atoms with E-state index in [4.69, 9.17) is 5.73 Å². The van der Waals surface area contributed by atoms with Crippen LogP contribution in [0.1, 0.15) is 31.1 Å². The van der Waals surface area contributed by atoms with Crippen LogP contribution in [-0.2, 0) is 0 Å². The molecule has 0 heterocycles. The minimum absolute atomic E-state index is 0. The van der Waals surface area contributed by atoms with Crippen molar-refractivity contribution in [3.05, 3.63) is 33.4 Å². The molecule has 1 amide bonds. The first-order valence-corrected chi connectivity index (χ1v) is 6.75. The van der Waals surface area contributed by atoms with E-state index in [-0.39, 0.29) is 23.9 Å². The van der Waals surface area contributed by atoms with Crippen molar-refractivity contribution >= 4 is 40.9 Å². The summed E-state index contributed by atoms with van der Waals surface area (Å²) in [4.78, 5) is 12.1. The van der Waals surface area contributed by atoms with E-state index in [1.54, 1.807) is 0 Å². The predicted molar refractivity (Wildman–Crippen MR) is 86.2 cm³/mol. The summed E-state index contributed by atoms with van der Waals surface area (Å²) < 4.78 is 1.12. The first kappa shape index (κ1) is 17.7. The Morgan fingerprint density at radius 2 is 1.89 bits per heavy atom. The number of nitrogens with one attached hydrogen (secondary N) is 1. The summed E-state index contributed by atoms with van der Waals surface area (Å²) in [7, 11) is 0. The first-order valence-electron chi connectivity index (χ1n) is 5.67. The van der Waals surface area contributed by atoms with Crippen molar-refractivity contribution in [1.29, 1.82) is 0 Å². The molecular formula is C13H20ClIN2O. The fourth-order valence-electron chi connectivity index (χ4n) is 1.36. The van der Waals surface area contributed by atoms with Crippen molar-refractivity contribution in [2.24, 2.45) is 11.7 Å². The third-order valence-corrected chi connectivity index (χ3v) is 3.92. The standard InChI is InChI=1S/C13H19IN2O.ClH/c1-9(2)13(3,8-15)16-12(17)10-4-6-11(14)7-5-10;/h4-7,9H,8,15H2,1-3H3,(H,16,17);1H. The van der Waals surface area contributed by atoms with E-state index in [0.717, 1.165) is 3.57 Å². The van der Waals surface area contributed by atoms with Gasteiger partial charge in [0.05, 0.1) is 5.54 Å². The van der Waals surface area contributed by atoms with Crippen molar-refractivity contribution in [3.8, 4) is 0 Å². The average molecular weight is 383 g/mol.